The third-order valence-corrected chi connectivity index (χ3v) is 4.06. The number of aromatic nitrogens is 2. The quantitative estimate of drug-likeness (QED) is 0.770. The Morgan fingerprint density at radius 1 is 1.04 bits per heavy atom. The molecule has 2 heterocycles. The number of fused-ring (bicyclic) bond motifs is 1. The second-order valence-corrected chi connectivity index (χ2v) is 5.85. The number of para-hydroxylation sites is 2. The molecule has 0 aliphatic carbocycles. The van der Waals surface area contributed by atoms with E-state index in [0.717, 1.165) is 11.3 Å². The molecule has 0 unspecified atom stereocenters. The van der Waals surface area contributed by atoms with Crippen molar-refractivity contribution in [2.24, 2.45) is 0 Å². The van der Waals surface area contributed by atoms with Crippen LogP contribution in [0.3, 0.4) is 0 Å². The number of amides is 1. The summed E-state index contributed by atoms with van der Waals surface area (Å²) >= 11 is 0. The van der Waals surface area contributed by atoms with Crippen LogP contribution in [0.2, 0.25) is 0 Å². The second kappa shape index (κ2) is 6.32. The number of benzene rings is 2. The summed E-state index contributed by atoms with van der Waals surface area (Å²) in [4.78, 5) is 12.6. The molecule has 126 valence electrons. The Morgan fingerprint density at radius 3 is 2.44 bits per heavy atom. The molecule has 0 spiro atoms. The Labute approximate surface area is 144 Å². The SMILES string of the molecule is C[C@@H]1Oc2ccccc2O[C@H]1C(=O)Nc1ccc(-c2ccn[nH]2)cc1. The molecule has 0 bridgehead atoms. The zero-order chi connectivity index (χ0) is 17.2. The van der Waals surface area contributed by atoms with E-state index in [1.807, 2.05) is 55.5 Å². The number of nitrogens with one attached hydrogen (secondary N) is 2. The highest BCUT2D eigenvalue weighted by Gasteiger charge is 2.34. The summed E-state index contributed by atoms with van der Waals surface area (Å²) in [5, 5.41) is 9.71. The normalized spacial score (nSPS) is 18.6. The molecule has 0 saturated heterocycles. The van der Waals surface area contributed by atoms with Gasteiger partial charge in [-0.2, -0.15) is 5.10 Å². The lowest BCUT2D eigenvalue weighted by molar-refractivity contribution is -0.128. The van der Waals surface area contributed by atoms with Gasteiger partial charge in [0.25, 0.3) is 5.91 Å². The van der Waals surface area contributed by atoms with E-state index in [9.17, 15) is 4.79 Å². The van der Waals surface area contributed by atoms with E-state index >= 15 is 0 Å². The van der Waals surface area contributed by atoms with Crippen molar-refractivity contribution in [1.29, 1.82) is 0 Å². The molecular formula is C19H17N3O3. The largest absolute Gasteiger partial charge is 0.482 e. The predicted molar refractivity (Wildman–Crippen MR) is 93.6 cm³/mol. The molecule has 2 atom stereocenters. The minimum Gasteiger partial charge on any atom is -0.482 e. The number of nitrogens with zero attached hydrogens (tertiary/aromatic N) is 1. The van der Waals surface area contributed by atoms with E-state index < -0.39 is 6.10 Å². The van der Waals surface area contributed by atoms with Crippen LogP contribution in [-0.2, 0) is 4.79 Å². The van der Waals surface area contributed by atoms with Gasteiger partial charge in [-0.05, 0) is 42.8 Å². The lowest BCUT2D eigenvalue weighted by atomic mass is 10.1. The first-order chi connectivity index (χ1) is 12.2. The maximum Gasteiger partial charge on any atom is 0.269 e. The van der Waals surface area contributed by atoms with Crippen LogP contribution in [0.15, 0.2) is 60.8 Å². The number of carbonyl (C=O) groups is 1. The topological polar surface area (TPSA) is 76.2 Å². The molecule has 1 aromatic heterocycles. The number of ether oxygens (including phenoxy) is 2. The molecule has 4 rings (SSSR count). The van der Waals surface area contributed by atoms with Crippen molar-refractivity contribution < 1.29 is 14.3 Å². The minimum absolute atomic E-state index is 0.240. The van der Waals surface area contributed by atoms with Gasteiger partial charge in [-0.15, -0.1) is 0 Å². The van der Waals surface area contributed by atoms with Crippen molar-refractivity contribution in [2.75, 3.05) is 5.32 Å². The van der Waals surface area contributed by atoms with Crippen LogP contribution in [-0.4, -0.2) is 28.3 Å². The lowest BCUT2D eigenvalue weighted by Crippen LogP contribution is -2.46. The fourth-order valence-electron chi connectivity index (χ4n) is 2.77. The molecule has 2 aromatic carbocycles. The minimum atomic E-state index is -0.706. The molecule has 25 heavy (non-hydrogen) atoms. The van der Waals surface area contributed by atoms with E-state index in [-0.39, 0.29) is 12.0 Å². The van der Waals surface area contributed by atoms with Gasteiger partial charge in [0.05, 0.1) is 5.69 Å². The first kappa shape index (κ1) is 15.3. The molecule has 1 amide bonds. The Hall–Kier alpha value is -3.28. The van der Waals surface area contributed by atoms with Crippen LogP contribution in [0.5, 0.6) is 11.5 Å². The molecular weight excluding hydrogens is 318 g/mol. The number of H-pyrrole nitrogens is 1. The third-order valence-electron chi connectivity index (χ3n) is 4.06. The van der Waals surface area contributed by atoms with Gasteiger partial charge >= 0.3 is 0 Å². The summed E-state index contributed by atoms with van der Waals surface area (Å²) in [5.74, 6) is 0.995. The number of carbonyl (C=O) groups excluding carboxylic acids is 1. The van der Waals surface area contributed by atoms with Crippen molar-refractivity contribution in [3.63, 3.8) is 0 Å². The highest BCUT2D eigenvalue weighted by atomic mass is 16.6. The van der Waals surface area contributed by atoms with Gasteiger partial charge in [0.15, 0.2) is 11.5 Å². The van der Waals surface area contributed by atoms with Gasteiger partial charge in [0.1, 0.15) is 6.10 Å². The smallest absolute Gasteiger partial charge is 0.269 e. The lowest BCUT2D eigenvalue weighted by Gasteiger charge is -2.31. The standard InChI is InChI=1S/C19H17N3O3/c1-12-18(25-17-5-3-2-4-16(17)24-12)19(23)21-14-8-6-13(7-9-14)15-10-11-20-22-15/h2-12,18H,1H3,(H,20,22)(H,21,23)/t12-,18+/m0/s1. The maximum atomic E-state index is 12.6. The van der Waals surface area contributed by atoms with E-state index in [0.29, 0.717) is 17.2 Å². The van der Waals surface area contributed by atoms with E-state index in [1.54, 1.807) is 12.3 Å². The fraction of sp³-hybridized carbons (Fsp3) is 0.158. The zero-order valence-electron chi connectivity index (χ0n) is 13.6. The van der Waals surface area contributed by atoms with Gasteiger partial charge in [0, 0.05) is 11.9 Å². The van der Waals surface area contributed by atoms with Crippen molar-refractivity contribution in [2.45, 2.75) is 19.1 Å². The van der Waals surface area contributed by atoms with Crippen LogP contribution < -0.4 is 14.8 Å². The summed E-state index contributed by atoms with van der Waals surface area (Å²) in [5.41, 5.74) is 2.62. The molecule has 1 aliphatic heterocycles. The van der Waals surface area contributed by atoms with Crippen LogP contribution in [0, 0.1) is 0 Å². The number of aromatic amines is 1. The van der Waals surface area contributed by atoms with Crippen LogP contribution >= 0.6 is 0 Å². The summed E-state index contributed by atoms with van der Waals surface area (Å²) in [6.45, 7) is 1.82. The number of rotatable bonds is 3. The van der Waals surface area contributed by atoms with Crippen LogP contribution in [0.1, 0.15) is 6.92 Å². The molecule has 2 N–H and O–H groups in total. The van der Waals surface area contributed by atoms with Gasteiger partial charge in [-0.3, -0.25) is 9.89 Å². The van der Waals surface area contributed by atoms with E-state index in [4.69, 9.17) is 9.47 Å². The predicted octanol–water partition coefficient (Wildman–Crippen LogP) is 3.24. The van der Waals surface area contributed by atoms with E-state index in [2.05, 4.69) is 15.5 Å². The molecule has 1 aliphatic rings. The Balaban J connectivity index is 1.47. The Kier molecular flexibility index (Phi) is 3.85. The third kappa shape index (κ3) is 3.06. The first-order valence-corrected chi connectivity index (χ1v) is 8.04. The first-order valence-electron chi connectivity index (χ1n) is 8.04. The number of hydrogen-bond acceptors (Lipinski definition) is 4. The number of anilines is 1. The Morgan fingerprint density at radius 2 is 1.76 bits per heavy atom. The van der Waals surface area contributed by atoms with Crippen molar-refractivity contribution >= 4 is 11.6 Å². The molecule has 6 nitrogen and oxygen atoms in total. The highest BCUT2D eigenvalue weighted by molar-refractivity contribution is 5.95. The van der Waals surface area contributed by atoms with Crippen LogP contribution in [0.4, 0.5) is 5.69 Å². The fourth-order valence-corrected chi connectivity index (χ4v) is 2.77. The summed E-state index contributed by atoms with van der Waals surface area (Å²) < 4.78 is 11.6. The van der Waals surface area contributed by atoms with Gasteiger partial charge in [-0.1, -0.05) is 24.3 Å². The van der Waals surface area contributed by atoms with Gasteiger partial charge in [0.2, 0.25) is 6.10 Å². The van der Waals surface area contributed by atoms with Crippen molar-refractivity contribution in [1.82, 2.24) is 10.2 Å². The summed E-state index contributed by atoms with van der Waals surface area (Å²) in [7, 11) is 0. The molecule has 6 heteroatoms. The van der Waals surface area contributed by atoms with Gasteiger partial charge < -0.3 is 14.8 Å². The van der Waals surface area contributed by atoms with Crippen LogP contribution in [0.25, 0.3) is 11.3 Å². The highest BCUT2D eigenvalue weighted by Crippen LogP contribution is 2.33. The molecule has 3 aromatic rings. The van der Waals surface area contributed by atoms with Crippen molar-refractivity contribution in [3.05, 3.63) is 60.8 Å². The average Bonchev–Trinajstić information content (AvgIpc) is 3.16. The van der Waals surface area contributed by atoms with Crippen molar-refractivity contribution in [3.8, 4) is 22.8 Å². The Bertz CT molecular complexity index is 875. The maximum absolute atomic E-state index is 12.6. The van der Waals surface area contributed by atoms with E-state index in [1.165, 1.54) is 0 Å². The molecule has 0 saturated carbocycles. The zero-order valence-corrected chi connectivity index (χ0v) is 13.6. The molecule has 0 fully saturated rings. The monoisotopic (exact) mass is 335 g/mol. The number of hydrogen-bond donors (Lipinski definition) is 2. The second-order valence-electron chi connectivity index (χ2n) is 5.85. The van der Waals surface area contributed by atoms with Gasteiger partial charge in [-0.25, -0.2) is 0 Å². The molecule has 0 radical (unpaired) electrons. The summed E-state index contributed by atoms with van der Waals surface area (Å²) in [6.07, 6.45) is 0.617. The average molecular weight is 335 g/mol. The summed E-state index contributed by atoms with van der Waals surface area (Å²) in [6, 6.07) is 16.7.